The molecule has 1 atom stereocenters. The van der Waals surface area contributed by atoms with Crippen LogP contribution in [0.1, 0.15) is 24.4 Å². The van der Waals surface area contributed by atoms with Gasteiger partial charge in [0.15, 0.2) is 0 Å². The Hall–Kier alpha value is -2.11. The molecule has 1 fully saturated rings. The topological polar surface area (TPSA) is 64.2 Å². The zero-order valence-corrected chi connectivity index (χ0v) is 11.3. The number of likely N-dealkylation sites (tertiary alicyclic amines) is 1. The van der Waals surface area contributed by atoms with Crippen LogP contribution >= 0.6 is 0 Å². The quantitative estimate of drug-likeness (QED) is 0.903. The van der Waals surface area contributed by atoms with E-state index >= 15 is 0 Å². The van der Waals surface area contributed by atoms with E-state index in [1.54, 1.807) is 17.9 Å². The molecule has 2 heterocycles. The average molecular weight is 268 g/mol. The Kier molecular flexibility index (Phi) is 3.54. The Balaban J connectivity index is 1.97. The number of rotatable bonds is 3. The Bertz CT molecular complexity index is 592. The van der Waals surface area contributed by atoms with E-state index in [2.05, 4.69) is 4.98 Å². The number of nitrogens with two attached hydrogens (primary N) is 1. The molecule has 0 spiro atoms. The summed E-state index contributed by atoms with van der Waals surface area (Å²) in [4.78, 5) is 18.8. The van der Waals surface area contributed by atoms with Crippen LogP contribution in [0.15, 0.2) is 36.7 Å². The minimum atomic E-state index is -0.376. The number of nitrogens with zero attached hydrogens (tertiary/aromatic N) is 3. The molecule has 2 aromatic rings. The molecule has 1 aromatic heterocycles. The van der Waals surface area contributed by atoms with Crippen LogP contribution in [-0.4, -0.2) is 40.4 Å². The first-order valence-corrected chi connectivity index (χ1v) is 6.88. The van der Waals surface area contributed by atoms with E-state index in [-0.39, 0.29) is 11.9 Å². The van der Waals surface area contributed by atoms with Crippen molar-refractivity contribution in [1.29, 1.82) is 0 Å². The van der Waals surface area contributed by atoms with E-state index in [1.807, 2.05) is 35.2 Å². The van der Waals surface area contributed by atoms with Crippen molar-refractivity contribution in [2.24, 2.45) is 0 Å². The van der Waals surface area contributed by atoms with Crippen molar-refractivity contribution in [3.05, 3.63) is 42.2 Å². The van der Waals surface area contributed by atoms with Crippen molar-refractivity contribution in [1.82, 2.24) is 14.4 Å². The van der Waals surface area contributed by atoms with Gasteiger partial charge in [0.25, 0.3) is 0 Å². The van der Waals surface area contributed by atoms with Crippen molar-refractivity contribution < 1.29 is 4.79 Å². The van der Waals surface area contributed by atoms with Crippen LogP contribution in [0.5, 0.6) is 0 Å². The normalized spacial score (nSPS) is 16.1. The number of hydrogen-bond acceptors (Lipinski definition) is 3. The molecule has 20 heavy (non-hydrogen) atoms. The van der Waals surface area contributed by atoms with Gasteiger partial charge in [-0.2, -0.15) is 0 Å². The summed E-state index contributed by atoms with van der Waals surface area (Å²) in [5.74, 6) is 0.117. The minimum absolute atomic E-state index is 0.117. The SMILES string of the molecule is Nc1bn(C(C(=O)N2CCCC2)c2ccccc2)cn1. The van der Waals surface area contributed by atoms with Gasteiger partial charge in [-0.1, -0.05) is 0 Å². The summed E-state index contributed by atoms with van der Waals surface area (Å²) in [6.07, 6.45) is 3.79. The number of carbonyl (C=O) groups is 1. The number of hydrogen-bond donors (Lipinski definition) is 1. The molecule has 1 aliphatic rings. The van der Waals surface area contributed by atoms with E-state index in [1.165, 1.54) is 0 Å². The molecule has 2 N–H and O–H groups in total. The molecule has 0 saturated carbocycles. The van der Waals surface area contributed by atoms with E-state index in [9.17, 15) is 4.79 Å². The predicted molar refractivity (Wildman–Crippen MR) is 78.4 cm³/mol. The van der Waals surface area contributed by atoms with Gasteiger partial charge in [-0.05, 0) is 0 Å². The Labute approximate surface area is 118 Å². The van der Waals surface area contributed by atoms with E-state index in [4.69, 9.17) is 5.73 Å². The molecule has 1 amide bonds. The van der Waals surface area contributed by atoms with Crippen molar-refractivity contribution in [2.75, 3.05) is 18.8 Å². The number of carbonyl (C=O) groups excluding carboxylic acids is 1. The van der Waals surface area contributed by atoms with Crippen molar-refractivity contribution in [2.45, 2.75) is 18.9 Å². The maximum absolute atomic E-state index is 12.8. The fraction of sp³-hybridized carbons (Fsp3) is 0.357. The molecular formula is C14H17BN4O. The summed E-state index contributed by atoms with van der Waals surface area (Å²) >= 11 is 0. The van der Waals surface area contributed by atoms with Gasteiger partial charge in [-0.25, -0.2) is 0 Å². The fourth-order valence-corrected chi connectivity index (χ4v) is 2.68. The average Bonchev–Trinajstić information content (AvgIpc) is 3.12. The Morgan fingerprint density at radius 1 is 1.25 bits per heavy atom. The van der Waals surface area contributed by atoms with Crippen molar-refractivity contribution in [3.8, 4) is 0 Å². The van der Waals surface area contributed by atoms with Crippen LogP contribution in [0.3, 0.4) is 0 Å². The molecule has 0 aliphatic carbocycles. The van der Waals surface area contributed by atoms with Gasteiger partial charge in [0.1, 0.15) is 0 Å². The third kappa shape index (κ3) is 2.46. The number of anilines is 1. The summed E-state index contributed by atoms with van der Waals surface area (Å²) in [5, 5.41) is 0. The molecule has 1 aromatic carbocycles. The van der Waals surface area contributed by atoms with Crippen molar-refractivity contribution in [3.63, 3.8) is 0 Å². The summed E-state index contributed by atoms with van der Waals surface area (Å²) in [6.45, 7) is 1.68. The van der Waals surface area contributed by atoms with Crippen LogP contribution in [0.25, 0.3) is 0 Å². The molecule has 1 saturated heterocycles. The van der Waals surface area contributed by atoms with Crippen LogP contribution in [0.2, 0.25) is 0 Å². The van der Waals surface area contributed by atoms with E-state index in [0.717, 1.165) is 31.5 Å². The molecule has 0 radical (unpaired) electrons. The number of aromatic nitrogens is 2. The van der Waals surface area contributed by atoms with Crippen molar-refractivity contribution >= 4 is 18.7 Å². The Morgan fingerprint density at radius 3 is 2.55 bits per heavy atom. The first-order valence-electron chi connectivity index (χ1n) is 6.88. The molecule has 1 unspecified atom stereocenters. The van der Waals surface area contributed by atoms with Crippen LogP contribution in [0.4, 0.5) is 5.71 Å². The monoisotopic (exact) mass is 268 g/mol. The third-order valence-corrected chi connectivity index (χ3v) is 3.69. The molecule has 0 bridgehead atoms. The predicted octanol–water partition coefficient (Wildman–Crippen LogP) is 1.02. The molecule has 5 nitrogen and oxygen atoms in total. The van der Waals surface area contributed by atoms with Gasteiger partial charge in [-0.15, -0.1) is 0 Å². The van der Waals surface area contributed by atoms with Crippen LogP contribution < -0.4 is 5.73 Å². The second-order valence-corrected chi connectivity index (χ2v) is 5.09. The maximum atomic E-state index is 12.8. The first kappa shape index (κ1) is 12.9. The molecule has 102 valence electrons. The van der Waals surface area contributed by atoms with Crippen LogP contribution in [-0.2, 0) is 4.79 Å². The third-order valence-electron chi connectivity index (χ3n) is 3.69. The first-order chi connectivity index (χ1) is 9.75. The summed E-state index contributed by atoms with van der Waals surface area (Å²) in [6, 6.07) is 9.39. The summed E-state index contributed by atoms with van der Waals surface area (Å²) < 4.78 is 1.80. The van der Waals surface area contributed by atoms with Gasteiger partial charge < -0.3 is 0 Å². The molecule has 6 heteroatoms. The van der Waals surface area contributed by atoms with E-state index in [0.29, 0.717) is 5.71 Å². The number of nitrogen functional groups attached to an aromatic ring is 1. The summed E-state index contributed by atoms with van der Waals surface area (Å²) in [5.41, 5.74) is 7.08. The second kappa shape index (κ2) is 5.49. The zero-order chi connectivity index (χ0) is 13.9. The zero-order valence-electron chi connectivity index (χ0n) is 11.3. The fourth-order valence-electron chi connectivity index (χ4n) is 2.68. The number of benzene rings is 1. The van der Waals surface area contributed by atoms with Gasteiger partial charge in [-0.3, -0.25) is 0 Å². The van der Waals surface area contributed by atoms with E-state index < -0.39 is 0 Å². The number of amides is 1. The molecule has 3 rings (SSSR count). The molecular weight excluding hydrogens is 251 g/mol. The van der Waals surface area contributed by atoms with Gasteiger partial charge in [0.05, 0.1) is 0 Å². The van der Waals surface area contributed by atoms with Crippen LogP contribution in [0, 0.1) is 0 Å². The standard InChI is InChI=1S/C14H17BN4O/c16-14-15-19(10-17-14)12(11-6-2-1-3-7-11)13(20)18-8-4-5-9-18/h1-3,6-7,10,12H,4-5,8-9,16H2. The second-order valence-electron chi connectivity index (χ2n) is 5.09. The molecule has 1 aliphatic heterocycles. The summed E-state index contributed by atoms with van der Waals surface area (Å²) in [7, 11) is 1.71. The van der Waals surface area contributed by atoms with Gasteiger partial charge in [0, 0.05) is 0 Å². The van der Waals surface area contributed by atoms with Gasteiger partial charge in [0.2, 0.25) is 0 Å². The Morgan fingerprint density at radius 2 is 1.95 bits per heavy atom. The van der Waals surface area contributed by atoms with Gasteiger partial charge >= 0.3 is 118 Å².